The van der Waals surface area contributed by atoms with Gasteiger partial charge in [0, 0.05) is 32.3 Å². The second kappa shape index (κ2) is 12.5. The number of thioether (sulfide) groups is 1. The first-order valence-electron chi connectivity index (χ1n) is 16.0. The van der Waals surface area contributed by atoms with Crippen LogP contribution in [-0.4, -0.2) is 47.1 Å². The van der Waals surface area contributed by atoms with Crippen LogP contribution in [0, 0.1) is 29.6 Å². The number of nitrogens with one attached hydrogen (secondary N) is 2. The molecule has 2 bridgehead atoms. The fourth-order valence-electron chi connectivity index (χ4n) is 8.32. The molecule has 4 aromatic rings. The molecule has 10 nitrogen and oxygen atoms in total. The first kappa shape index (κ1) is 31.9. The van der Waals surface area contributed by atoms with Crippen molar-refractivity contribution in [1.29, 1.82) is 0 Å². The number of halogens is 1. The Morgan fingerprint density at radius 3 is 2.41 bits per heavy atom. The van der Waals surface area contributed by atoms with E-state index in [0.717, 1.165) is 33.2 Å². The SMILES string of the molecule is CCOC(=O)c1ccc(N2C(=O)[C@H]3[C@H]4C[C@@H]([C@@H]3C2=O)[C@@H]2[C@H](c3ccccc3OCC(=O)Nc3ccc(Cl)cc3)c3sc(=O)[nH]c3S[C@H]42)cc1. The lowest BCUT2D eigenvalue weighted by Crippen LogP contribution is -2.42. The molecule has 0 radical (unpaired) electrons. The minimum absolute atomic E-state index is 0.0156. The molecule has 3 aromatic carbocycles. The van der Waals surface area contributed by atoms with E-state index in [0.29, 0.717) is 27.7 Å². The molecule has 0 unspecified atom stereocenters. The van der Waals surface area contributed by atoms with Crippen molar-refractivity contribution in [3.05, 3.63) is 103 Å². The van der Waals surface area contributed by atoms with Crippen molar-refractivity contribution in [3.63, 3.8) is 0 Å². The number of carbonyl (C=O) groups excluding carboxylic acids is 4. The highest BCUT2D eigenvalue weighted by Crippen LogP contribution is 2.69. The van der Waals surface area contributed by atoms with Gasteiger partial charge in [-0.1, -0.05) is 41.1 Å². The maximum atomic E-state index is 14.2. The van der Waals surface area contributed by atoms with Crippen LogP contribution in [0.3, 0.4) is 0 Å². The third-order valence-corrected chi connectivity index (χ3v) is 12.9. The molecule has 250 valence electrons. The van der Waals surface area contributed by atoms with Crippen LogP contribution in [0.5, 0.6) is 5.75 Å². The number of anilines is 2. The van der Waals surface area contributed by atoms with Gasteiger partial charge >= 0.3 is 10.8 Å². The van der Waals surface area contributed by atoms with Crippen molar-refractivity contribution in [3.8, 4) is 5.75 Å². The van der Waals surface area contributed by atoms with E-state index in [-0.39, 0.29) is 64.7 Å². The Morgan fingerprint density at radius 1 is 0.959 bits per heavy atom. The van der Waals surface area contributed by atoms with Crippen LogP contribution < -0.4 is 19.8 Å². The number of carbonyl (C=O) groups is 4. The summed E-state index contributed by atoms with van der Waals surface area (Å²) in [7, 11) is 0. The average Bonchev–Trinajstić information content (AvgIpc) is 3.84. The van der Waals surface area contributed by atoms with Gasteiger partial charge in [0.2, 0.25) is 11.8 Å². The highest BCUT2D eigenvalue weighted by atomic mass is 35.5. The number of aromatic amines is 1. The van der Waals surface area contributed by atoms with E-state index in [1.807, 2.05) is 24.3 Å². The Morgan fingerprint density at radius 2 is 1.67 bits per heavy atom. The minimum Gasteiger partial charge on any atom is -0.483 e. The smallest absolute Gasteiger partial charge is 0.338 e. The lowest BCUT2D eigenvalue weighted by Gasteiger charge is -2.43. The zero-order chi connectivity index (χ0) is 34.0. The minimum atomic E-state index is -0.498. The summed E-state index contributed by atoms with van der Waals surface area (Å²) in [5.41, 5.74) is 2.21. The van der Waals surface area contributed by atoms with Crippen molar-refractivity contribution < 1.29 is 28.7 Å². The number of hydrogen-bond donors (Lipinski definition) is 2. The summed E-state index contributed by atoms with van der Waals surface area (Å²) in [5.74, 6) is -2.20. The molecule has 3 amide bonds. The Balaban J connectivity index is 1.09. The number of H-pyrrole nitrogens is 1. The molecule has 4 aliphatic rings. The molecule has 13 heteroatoms. The van der Waals surface area contributed by atoms with Gasteiger partial charge in [-0.2, -0.15) is 0 Å². The van der Waals surface area contributed by atoms with Crippen LogP contribution in [0.2, 0.25) is 5.02 Å². The molecule has 3 heterocycles. The zero-order valence-electron chi connectivity index (χ0n) is 26.1. The van der Waals surface area contributed by atoms with Gasteiger partial charge in [0.25, 0.3) is 5.91 Å². The number of ether oxygens (including phenoxy) is 2. The second-order valence-corrected chi connectivity index (χ2v) is 15.3. The molecule has 2 N–H and O–H groups in total. The van der Waals surface area contributed by atoms with E-state index in [9.17, 15) is 24.0 Å². The number of hydrogen-bond acceptors (Lipinski definition) is 9. The van der Waals surface area contributed by atoms with Gasteiger partial charge in [-0.15, -0.1) is 11.8 Å². The molecule has 2 aliphatic carbocycles. The molecule has 7 atom stereocenters. The summed E-state index contributed by atoms with van der Waals surface area (Å²) in [6.07, 6.45) is 0.729. The van der Waals surface area contributed by atoms with Gasteiger partial charge in [0.1, 0.15) is 5.75 Å². The van der Waals surface area contributed by atoms with Crippen molar-refractivity contribution in [1.82, 2.24) is 4.98 Å². The van der Waals surface area contributed by atoms with Gasteiger partial charge in [-0.3, -0.25) is 24.1 Å². The summed E-state index contributed by atoms with van der Waals surface area (Å²) in [5, 5.41) is 4.14. The third kappa shape index (κ3) is 5.37. The molecular weight excluding hydrogens is 686 g/mol. The number of para-hydroxylation sites is 1. The third-order valence-electron chi connectivity index (χ3n) is 10.1. The van der Waals surface area contributed by atoms with Crippen molar-refractivity contribution in [2.24, 2.45) is 29.6 Å². The number of benzene rings is 3. The number of aromatic nitrogens is 1. The maximum Gasteiger partial charge on any atom is 0.338 e. The van der Waals surface area contributed by atoms with E-state index in [1.54, 1.807) is 67.2 Å². The van der Waals surface area contributed by atoms with Gasteiger partial charge in [-0.05, 0) is 85.7 Å². The van der Waals surface area contributed by atoms with Gasteiger partial charge in [-0.25, -0.2) is 4.79 Å². The van der Waals surface area contributed by atoms with Crippen molar-refractivity contribution in [2.75, 3.05) is 23.4 Å². The fraction of sp³-hybridized carbons (Fsp3) is 0.306. The predicted molar refractivity (Wildman–Crippen MR) is 185 cm³/mol. The number of nitrogens with zero attached hydrogens (tertiary/aromatic N) is 1. The standard InChI is InChI=1S/C36H30ClN3O7S2/c1-2-46-35(44)17-7-13-20(14-8-17)40-33(42)28-22-15-23(29(28)34(40)43)30-27(22)26(31-32(48-30)39-36(45)49-31)21-5-3-4-6-24(21)47-16-25(41)38-19-11-9-18(37)10-12-19/h3-14,22-23,26-30H,2,15-16H2,1H3,(H,38,41)(H,39,45)/t22-,23-,26+,27-,28+,29+,30-/m1/s1. The van der Waals surface area contributed by atoms with E-state index in [2.05, 4.69) is 10.3 Å². The van der Waals surface area contributed by atoms with Crippen molar-refractivity contribution in [2.45, 2.75) is 29.5 Å². The Kier molecular flexibility index (Phi) is 8.12. The van der Waals surface area contributed by atoms with Gasteiger partial charge in [0.05, 0.1) is 34.7 Å². The molecular formula is C36H30ClN3O7S2. The molecule has 2 saturated carbocycles. The molecule has 1 saturated heterocycles. The van der Waals surface area contributed by atoms with Crippen LogP contribution in [-0.2, 0) is 19.1 Å². The summed E-state index contributed by atoms with van der Waals surface area (Å²) < 4.78 is 11.2. The number of rotatable bonds is 8. The summed E-state index contributed by atoms with van der Waals surface area (Å²) in [4.78, 5) is 71.0. The fourth-order valence-corrected chi connectivity index (χ4v) is 11.3. The first-order chi connectivity index (χ1) is 23.7. The molecule has 8 rings (SSSR count). The van der Waals surface area contributed by atoms with Gasteiger partial charge < -0.3 is 19.8 Å². The topological polar surface area (TPSA) is 135 Å². The highest BCUT2D eigenvalue weighted by molar-refractivity contribution is 8.00. The number of thiazole rings is 1. The highest BCUT2D eigenvalue weighted by Gasteiger charge is 2.69. The van der Waals surface area contributed by atoms with Crippen LogP contribution >= 0.6 is 34.7 Å². The van der Waals surface area contributed by atoms with E-state index >= 15 is 0 Å². The molecule has 1 aromatic heterocycles. The number of amides is 3. The largest absolute Gasteiger partial charge is 0.483 e. The summed E-state index contributed by atoms with van der Waals surface area (Å²) in [6.45, 7) is 1.74. The Hall–Kier alpha value is -4.39. The van der Waals surface area contributed by atoms with Crippen LogP contribution in [0.25, 0.3) is 0 Å². The van der Waals surface area contributed by atoms with Gasteiger partial charge in [0.15, 0.2) is 6.61 Å². The normalized spacial score (nSPS) is 26.2. The quantitative estimate of drug-likeness (QED) is 0.169. The van der Waals surface area contributed by atoms with E-state index in [1.165, 1.54) is 4.90 Å². The second-order valence-electron chi connectivity index (χ2n) is 12.6. The number of esters is 1. The van der Waals surface area contributed by atoms with E-state index in [4.69, 9.17) is 21.1 Å². The summed E-state index contributed by atoms with van der Waals surface area (Å²) >= 11 is 8.73. The average molecular weight is 716 g/mol. The lowest BCUT2D eigenvalue weighted by molar-refractivity contribution is -0.123. The molecule has 0 spiro atoms. The van der Waals surface area contributed by atoms with Crippen LogP contribution in [0.15, 0.2) is 82.6 Å². The maximum absolute atomic E-state index is 14.2. The Labute approximate surface area is 294 Å². The summed E-state index contributed by atoms with van der Waals surface area (Å²) in [6, 6.07) is 20.7. The first-order valence-corrected chi connectivity index (χ1v) is 18.1. The zero-order valence-corrected chi connectivity index (χ0v) is 28.5. The lowest BCUT2D eigenvalue weighted by atomic mass is 9.68. The molecule has 3 fully saturated rings. The number of imide groups is 1. The monoisotopic (exact) mass is 715 g/mol. The van der Waals surface area contributed by atoms with Crippen LogP contribution in [0.1, 0.15) is 40.1 Å². The Bertz CT molecular complexity index is 2050. The predicted octanol–water partition coefficient (Wildman–Crippen LogP) is 5.96. The molecule has 49 heavy (non-hydrogen) atoms. The molecule has 2 aliphatic heterocycles. The number of fused-ring (bicyclic) bond motifs is 9. The van der Waals surface area contributed by atoms with Crippen LogP contribution in [0.4, 0.5) is 11.4 Å². The van der Waals surface area contributed by atoms with Crippen molar-refractivity contribution >= 4 is 69.8 Å². The van der Waals surface area contributed by atoms with E-state index < -0.39 is 17.8 Å².